The molecule has 0 unspecified atom stereocenters. The van der Waals surface area contributed by atoms with Crippen LogP contribution in [-0.4, -0.2) is 16.1 Å². The Morgan fingerprint density at radius 3 is 2.71 bits per heavy atom. The van der Waals surface area contributed by atoms with Crippen LogP contribution in [0.25, 0.3) is 0 Å². The highest BCUT2D eigenvalue weighted by atomic mass is 35.5. The second-order valence-electron chi connectivity index (χ2n) is 5.00. The van der Waals surface area contributed by atoms with E-state index in [1.807, 2.05) is 30.3 Å². The molecule has 2 aromatic carbocycles. The molecule has 122 valence electrons. The summed E-state index contributed by atoms with van der Waals surface area (Å²) in [6.07, 6.45) is -0.0296. The van der Waals surface area contributed by atoms with Gasteiger partial charge in [-0.1, -0.05) is 29.8 Å². The van der Waals surface area contributed by atoms with Gasteiger partial charge in [0.05, 0.1) is 5.69 Å². The summed E-state index contributed by atoms with van der Waals surface area (Å²) in [5.74, 6) is 1.49. The number of ether oxygens (including phenoxy) is 1. The van der Waals surface area contributed by atoms with Crippen LogP contribution in [0.15, 0.2) is 52.9 Å². The highest BCUT2D eigenvalue weighted by molar-refractivity contribution is 6.31. The molecule has 3 aromatic rings. The summed E-state index contributed by atoms with van der Waals surface area (Å²) >= 11 is 6.02. The summed E-state index contributed by atoms with van der Waals surface area (Å²) in [6, 6.07) is 14.3. The minimum Gasteiger partial charge on any atom is -0.455 e. The summed E-state index contributed by atoms with van der Waals surface area (Å²) in [4.78, 5) is 12.2. The molecule has 0 aliphatic rings. The van der Waals surface area contributed by atoms with Gasteiger partial charge in [0.1, 0.15) is 12.2 Å². The van der Waals surface area contributed by atoms with Crippen LogP contribution in [0.3, 0.4) is 0 Å². The van der Waals surface area contributed by atoms with E-state index in [0.717, 1.165) is 0 Å². The minimum absolute atomic E-state index is 0.0296. The lowest BCUT2D eigenvalue weighted by atomic mass is 10.2. The summed E-state index contributed by atoms with van der Waals surface area (Å²) in [6.45, 7) is 1.66. The van der Waals surface area contributed by atoms with E-state index in [-0.39, 0.29) is 18.2 Å². The molecule has 7 heteroatoms. The fourth-order valence-electron chi connectivity index (χ4n) is 2.05. The Labute approximate surface area is 143 Å². The Morgan fingerprint density at radius 1 is 1.21 bits per heavy atom. The average molecular weight is 344 g/mol. The van der Waals surface area contributed by atoms with Gasteiger partial charge in [-0.2, -0.15) is 0 Å². The van der Waals surface area contributed by atoms with E-state index < -0.39 is 0 Å². The molecule has 1 heterocycles. The molecule has 0 spiro atoms. The number of aryl methyl sites for hydroxylation is 1. The number of carbonyl (C=O) groups is 1. The number of nitrogens with zero attached hydrogens (tertiary/aromatic N) is 2. The van der Waals surface area contributed by atoms with Gasteiger partial charge in [0.2, 0.25) is 17.7 Å². The standard InChI is InChI=1S/C17H14ClN3O3/c1-11-20-21-17(23-11)10-16(22)19-14-9-12(18)7-8-15(14)24-13-5-3-2-4-6-13/h2-9H,10H2,1H3,(H,19,22). The zero-order valence-corrected chi connectivity index (χ0v) is 13.6. The predicted molar refractivity (Wildman–Crippen MR) is 89.3 cm³/mol. The van der Waals surface area contributed by atoms with E-state index in [2.05, 4.69) is 15.5 Å². The number of hydrogen-bond donors (Lipinski definition) is 1. The van der Waals surface area contributed by atoms with E-state index in [0.29, 0.717) is 28.1 Å². The van der Waals surface area contributed by atoms with Crippen molar-refractivity contribution >= 4 is 23.2 Å². The third-order valence-electron chi connectivity index (χ3n) is 3.07. The van der Waals surface area contributed by atoms with Crippen molar-refractivity contribution in [3.8, 4) is 11.5 Å². The van der Waals surface area contributed by atoms with Gasteiger partial charge in [-0.15, -0.1) is 10.2 Å². The molecule has 24 heavy (non-hydrogen) atoms. The molecule has 0 saturated carbocycles. The quantitative estimate of drug-likeness (QED) is 0.757. The molecule has 1 N–H and O–H groups in total. The molecule has 1 amide bonds. The molecule has 0 fully saturated rings. The summed E-state index contributed by atoms with van der Waals surface area (Å²) in [7, 11) is 0. The number of benzene rings is 2. The average Bonchev–Trinajstić information content (AvgIpc) is 2.96. The SMILES string of the molecule is Cc1nnc(CC(=O)Nc2cc(Cl)ccc2Oc2ccccc2)o1. The van der Waals surface area contributed by atoms with Gasteiger partial charge in [0, 0.05) is 11.9 Å². The third-order valence-corrected chi connectivity index (χ3v) is 3.30. The second-order valence-corrected chi connectivity index (χ2v) is 5.43. The first kappa shape index (κ1) is 16.0. The van der Waals surface area contributed by atoms with Crippen LogP contribution >= 0.6 is 11.6 Å². The number of rotatable bonds is 5. The Hall–Kier alpha value is -2.86. The summed E-state index contributed by atoms with van der Waals surface area (Å²) < 4.78 is 11.0. The number of anilines is 1. The van der Waals surface area contributed by atoms with Gasteiger partial charge in [0.25, 0.3) is 0 Å². The third kappa shape index (κ3) is 4.11. The number of amides is 1. The van der Waals surface area contributed by atoms with Gasteiger partial charge in [0.15, 0.2) is 5.75 Å². The van der Waals surface area contributed by atoms with Crippen molar-refractivity contribution in [2.45, 2.75) is 13.3 Å². The van der Waals surface area contributed by atoms with Crippen molar-refractivity contribution < 1.29 is 13.9 Å². The van der Waals surface area contributed by atoms with E-state index in [1.54, 1.807) is 25.1 Å². The number of nitrogens with one attached hydrogen (secondary N) is 1. The lowest BCUT2D eigenvalue weighted by Gasteiger charge is -2.12. The molecular formula is C17H14ClN3O3. The van der Waals surface area contributed by atoms with Crippen molar-refractivity contribution in [3.63, 3.8) is 0 Å². The number of carbonyl (C=O) groups excluding carboxylic acids is 1. The molecule has 0 radical (unpaired) electrons. The number of halogens is 1. The zero-order chi connectivity index (χ0) is 16.9. The Morgan fingerprint density at radius 2 is 2.00 bits per heavy atom. The molecule has 3 rings (SSSR count). The lowest BCUT2D eigenvalue weighted by molar-refractivity contribution is -0.115. The molecular weight excluding hydrogens is 330 g/mol. The van der Waals surface area contributed by atoms with E-state index in [9.17, 15) is 4.79 Å². The van der Waals surface area contributed by atoms with Crippen molar-refractivity contribution in [1.82, 2.24) is 10.2 Å². The Bertz CT molecular complexity index is 849. The highest BCUT2D eigenvalue weighted by Gasteiger charge is 2.13. The van der Waals surface area contributed by atoms with Crippen molar-refractivity contribution in [2.24, 2.45) is 0 Å². The van der Waals surface area contributed by atoms with Gasteiger partial charge in [-0.05, 0) is 30.3 Å². The first-order valence-corrected chi connectivity index (χ1v) is 7.59. The highest BCUT2D eigenvalue weighted by Crippen LogP contribution is 2.32. The van der Waals surface area contributed by atoms with Crippen LogP contribution in [0.5, 0.6) is 11.5 Å². The maximum Gasteiger partial charge on any atom is 0.233 e. The maximum absolute atomic E-state index is 12.2. The molecule has 6 nitrogen and oxygen atoms in total. The van der Waals surface area contributed by atoms with E-state index >= 15 is 0 Å². The Balaban J connectivity index is 1.76. The van der Waals surface area contributed by atoms with E-state index in [1.165, 1.54) is 0 Å². The molecule has 0 aliphatic heterocycles. The molecule has 1 aromatic heterocycles. The monoisotopic (exact) mass is 343 g/mol. The van der Waals surface area contributed by atoms with E-state index in [4.69, 9.17) is 20.8 Å². The smallest absolute Gasteiger partial charge is 0.233 e. The van der Waals surface area contributed by atoms with Crippen molar-refractivity contribution in [2.75, 3.05) is 5.32 Å². The van der Waals surface area contributed by atoms with Crippen LogP contribution in [-0.2, 0) is 11.2 Å². The topological polar surface area (TPSA) is 77.2 Å². The fourth-order valence-corrected chi connectivity index (χ4v) is 2.22. The normalized spacial score (nSPS) is 10.4. The van der Waals surface area contributed by atoms with Gasteiger partial charge < -0.3 is 14.5 Å². The number of aromatic nitrogens is 2. The van der Waals surface area contributed by atoms with Crippen LogP contribution in [0, 0.1) is 6.92 Å². The van der Waals surface area contributed by atoms with Crippen LogP contribution < -0.4 is 10.1 Å². The first-order chi connectivity index (χ1) is 11.6. The molecule has 0 aliphatic carbocycles. The fraction of sp³-hybridized carbons (Fsp3) is 0.118. The molecule has 0 bridgehead atoms. The lowest BCUT2D eigenvalue weighted by Crippen LogP contribution is -2.15. The van der Waals surface area contributed by atoms with Gasteiger partial charge in [-0.3, -0.25) is 4.79 Å². The largest absolute Gasteiger partial charge is 0.455 e. The summed E-state index contributed by atoms with van der Waals surface area (Å²) in [5, 5.41) is 10.7. The number of para-hydroxylation sites is 1. The summed E-state index contributed by atoms with van der Waals surface area (Å²) in [5.41, 5.74) is 0.465. The van der Waals surface area contributed by atoms with Gasteiger partial charge >= 0.3 is 0 Å². The minimum atomic E-state index is -0.307. The van der Waals surface area contributed by atoms with Crippen LogP contribution in [0.1, 0.15) is 11.8 Å². The molecule has 0 saturated heterocycles. The van der Waals surface area contributed by atoms with Crippen molar-refractivity contribution in [1.29, 1.82) is 0 Å². The predicted octanol–water partition coefficient (Wildman–Crippen LogP) is 4.00. The zero-order valence-electron chi connectivity index (χ0n) is 12.8. The Kier molecular flexibility index (Phi) is 4.77. The van der Waals surface area contributed by atoms with Gasteiger partial charge in [-0.25, -0.2) is 0 Å². The second kappa shape index (κ2) is 7.14. The van der Waals surface area contributed by atoms with Crippen LogP contribution in [0.4, 0.5) is 5.69 Å². The number of hydrogen-bond acceptors (Lipinski definition) is 5. The van der Waals surface area contributed by atoms with Crippen LogP contribution in [0.2, 0.25) is 5.02 Å². The van der Waals surface area contributed by atoms with Crippen molar-refractivity contribution in [3.05, 3.63) is 65.3 Å². The molecule has 0 atom stereocenters. The maximum atomic E-state index is 12.2. The first-order valence-electron chi connectivity index (χ1n) is 7.21.